The van der Waals surface area contributed by atoms with Gasteiger partial charge in [0.2, 0.25) is 0 Å². The molecule has 1 aliphatic carbocycles. The van der Waals surface area contributed by atoms with Gasteiger partial charge in [-0.2, -0.15) is 5.26 Å². The van der Waals surface area contributed by atoms with Crippen LogP contribution in [-0.2, 0) is 6.42 Å². The van der Waals surface area contributed by atoms with E-state index in [4.69, 9.17) is 16.9 Å². The van der Waals surface area contributed by atoms with Crippen LogP contribution in [0.4, 0.5) is 4.39 Å². The van der Waals surface area contributed by atoms with E-state index in [-0.39, 0.29) is 5.56 Å². The monoisotopic (exact) mass is 291 g/mol. The van der Waals surface area contributed by atoms with Gasteiger partial charge in [0.1, 0.15) is 11.9 Å². The lowest BCUT2D eigenvalue weighted by Crippen LogP contribution is -2.13. The lowest BCUT2D eigenvalue weighted by molar-refractivity contribution is 0.296. The average Bonchev–Trinajstić information content (AvgIpc) is 2.47. The van der Waals surface area contributed by atoms with E-state index >= 15 is 0 Å². The number of hydrogen-bond acceptors (Lipinski definition) is 1. The molecule has 106 valence electrons. The third-order valence-electron chi connectivity index (χ3n) is 4.23. The maximum absolute atomic E-state index is 13.5. The van der Waals surface area contributed by atoms with E-state index in [0.29, 0.717) is 5.92 Å². The van der Waals surface area contributed by atoms with Crippen molar-refractivity contribution in [3.63, 3.8) is 0 Å². The molecule has 0 bridgehead atoms. The molecule has 0 aromatic heterocycles. The first-order valence-electron chi connectivity index (χ1n) is 7.18. The normalized spacial score (nSPS) is 22.9. The smallest absolute Gasteiger partial charge is 0.141 e. The van der Waals surface area contributed by atoms with Gasteiger partial charge in [-0.3, -0.25) is 0 Å². The minimum Gasteiger partial charge on any atom is -0.206 e. The van der Waals surface area contributed by atoms with Gasteiger partial charge in [0.25, 0.3) is 0 Å². The van der Waals surface area contributed by atoms with Gasteiger partial charge in [-0.05, 0) is 68.1 Å². The average molecular weight is 292 g/mol. The van der Waals surface area contributed by atoms with Crippen molar-refractivity contribution in [1.82, 2.24) is 0 Å². The number of nitriles is 1. The zero-order valence-corrected chi connectivity index (χ0v) is 12.2. The lowest BCUT2D eigenvalue weighted by Gasteiger charge is -2.26. The van der Waals surface area contributed by atoms with Crippen molar-refractivity contribution in [2.45, 2.75) is 38.5 Å². The third kappa shape index (κ3) is 4.08. The highest BCUT2D eigenvalue weighted by molar-refractivity contribution is 6.25. The molecule has 1 aromatic carbocycles. The highest BCUT2D eigenvalue weighted by atomic mass is 35.5. The van der Waals surface area contributed by atoms with Gasteiger partial charge in [-0.25, -0.2) is 4.39 Å². The summed E-state index contributed by atoms with van der Waals surface area (Å²) in [6, 6.07) is 6.79. The van der Waals surface area contributed by atoms with E-state index in [1.807, 2.05) is 12.1 Å². The second-order valence-electron chi connectivity index (χ2n) is 5.56. The SMILES string of the molecule is N#Cc1ccc(CCC2CCC(C=CCl)CC2)cc1F. The fourth-order valence-corrected chi connectivity index (χ4v) is 3.15. The number of allylic oxidation sites excluding steroid dienone is 1. The molecular weight excluding hydrogens is 273 g/mol. The van der Waals surface area contributed by atoms with Crippen LogP contribution in [0.1, 0.15) is 43.2 Å². The molecule has 20 heavy (non-hydrogen) atoms. The van der Waals surface area contributed by atoms with Crippen LogP contribution in [0.5, 0.6) is 0 Å². The maximum atomic E-state index is 13.5. The van der Waals surface area contributed by atoms with Crippen molar-refractivity contribution in [2.24, 2.45) is 11.8 Å². The van der Waals surface area contributed by atoms with Crippen molar-refractivity contribution >= 4 is 11.6 Å². The largest absolute Gasteiger partial charge is 0.206 e. The summed E-state index contributed by atoms with van der Waals surface area (Å²) in [5.41, 5.74) is 2.75. The Hall–Kier alpha value is -1.33. The van der Waals surface area contributed by atoms with E-state index in [1.54, 1.807) is 11.6 Å². The zero-order chi connectivity index (χ0) is 14.4. The molecule has 0 aliphatic heterocycles. The Morgan fingerprint density at radius 3 is 2.65 bits per heavy atom. The summed E-state index contributed by atoms with van der Waals surface area (Å²) in [5, 5.41) is 8.71. The molecular formula is C17H19ClFN. The number of nitrogens with zero attached hydrogens (tertiary/aromatic N) is 1. The maximum Gasteiger partial charge on any atom is 0.141 e. The Bertz CT molecular complexity index is 510. The summed E-state index contributed by atoms with van der Waals surface area (Å²) in [7, 11) is 0. The molecule has 0 spiro atoms. The standard InChI is InChI=1S/C17H19ClFN/c18-10-9-14-3-1-13(2-4-14)5-6-15-7-8-16(12-20)17(19)11-15/h7-11,13-14H,1-6H2. The topological polar surface area (TPSA) is 23.8 Å². The van der Waals surface area contributed by atoms with E-state index in [2.05, 4.69) is 6.08 Å². The second-order valence-corrected chi connectivity index (χ2v) is 5.82. The Kier molecular flexibility index (Phi) is 5.61. The van der Waals surface area contributed by atoms with Gasteiger partial charge >= 0.3 is 0 Å². The molecule has 0 amide bonds. The Morgan fingerprint density at radius 1 is 1.30 bits per heavy atom. The van der Waals surface area contributed by atoms with E-state index < -0.39 is 5.82 Å². The van der Waals surface area contributed by atoms with Crippen LogP contribution in [0.15, 0.2) is 29.8 Å². The van der Waals surface area contributed by atoms with E-state index in [0.717, 1.165) is 24.3 Å². The first kappa shape index (κ1) is 15.1. The summed E-state index contributed by atoms with van der Waals surface area (Å²) in [6.07, 6.45) is 8.94. The van der Waals surface area contributed by atoms with Gasteiger partial charge < -0.3 is 0 Å². The number of halogens is 2. The minimum absolute atomic E-state index is 0.127. The van der Waals surface area contributed by atoms with E-state index in [9.17, 15) is 4.39 Å². The minimum atomic E-state index is -0.402. The predicted octanol–water partition coefficient (Wildman–Crippen LogP) is 5.19. The lowest BCUT2D eigenvalue weighted by atomic mass is 9.79. The molecule has 1 nitrogen and oxygen atoms in total. The van der Waals surface area contributed by atoms with Crippen molar-refractivity contribution in [3.05, 3.63) is 46.8 Å². The van der Waals surface area contributed by atoms with Crippen LogP contribution in [0.3, 0.4) is 0 Å². The summed E-state index contributed by atoms with van der Waals surface area (Å²) >= 11 is 5.61. The summed E-state index contributed by atoms with van der Waals surface area (Å²) in [5.74, 6) is 0.964. The molecule has 1 saturated carbocycles. The molecule has 0 saturated heterocycles. The molecule has 0 unspecified atom stereocenters. The van der Waals surface area contributed by atoms with E-state index in [1.165, 1.54) is 31.7 Å². The Morgan fingerprint density at radius 2 is 2.05 bits per heavy atom. The fraction of sp³-hybridized carbons (Fsp3) is 0.471. The predicted molar refractivity (Wildman–Crippen MR) is 79.9 cm³/mol. The Balaban J connectivity index is 1.82. The molecule has 1 aliphatic rings. The van der Waals surface area contributed by atoms with Crippen LogP contribution in [-0.4, -0.2) is 0 Å². The van der Waals surface area contributed by atoms with Crippen molar-refractivity contribution in [2.75, 3.05) is 0 Å². The highest BCUT2D eigenvalue weighted by Gasteiger charge is 2.19. The molecule has 2 rings (SSSR count). The fourth-order valence-electron chi connectivity index (χ4n) is 2.95. The van der Waals surface area contributed by atoms with Crippen molar-refractivity contribution in [3.8, 4) is 6.07 Å². The van der Waals surface area contributed by atoms with Crippen molar-refractivity contribution in [1.29, 1.82) is 5.26 Å². The van der Waals surface area contributed by atoms with Gasteiger partial charge in [0, 0.05) is 5.54 Å². The summed E-state index contributed by atoms with van der Waals surface area (Å²) in [4.78, 5) is 0. The second kappa shape index (κ2) is 7.45. The van der Waals surface area contributed by atoms with Crippen LogP contribution in [0, 0.1) is 29.0 Å². The third-order valence-corrected chi connectivity index (χ3v) is 4.38. The van der Waals surface area contributed by atoms with Crippen LogP contribution < -0.4 is 0 Å². The molecule has 1 fully saturated rings. The van der Waals surface area contributed by atoms with Gasteiger partial charge in [-0.1, -0.05) is 23.7 Å². The molecule has 0 atom stereocenters. The van der Waals surface area contributed by atoms with Crippen LogP contribution in [0.25, 0.3) is 0 Å². The summed E-state index contributed by atoms with van der Waals surface area (Å²) < 4.78 is 13.5. The number of hydrogen-bond donors (Lipinski definition) is 0. The molecule has 1 aromatic rings. The highest BCUT2D eigenvalue weighted by Crippen LogP contribution is 2.32. The first-order valence-corrected chi connectivity index (χ1v) is 7.62. The molecule has 0 heterocycles. The number of aryl methyl sites for hydroxylation is 1. The van der Waals surface area contributed by atoms with Gasteiger partial charge in [0.05, 0.1) is 5.56 Å². The van der Waals surface area contributed by atoms with Crippen molar-refractivity contribution < 1.29 is 4.39 Å². The first-order chi connectivity index (χ1) is 9.72. The number of rotatable bonds is 4. The van der Waals surface area contributed by atoms with Crippen LogP contribution >= 0.6 is 11.6 Å². The molecule has 3 heteroatoms. The zero-order valence-electron chi connectivity index (χ0n) is 11.5. The van der Waals surface area contributed by atoms with Gasteiger partial charge in [-0.15, -0.1) is 0 Å². The van der Waals surface area contributed by atoms with Gasteiger partial charge in [0.15, 0.2) is 0 Å². The summed E-state index contributed by atoms with van der Waals surface area (Å²) in [6.45, 7) is 0. The Labute approximate surface area is 125 Å². The molecule has 0 N–H and O–H groups in total. The quantitative estimate of drug-likeness (QED) is 0.749. The number of benzene rings is 1. The van der Waals surface area contributed by atoms with Crippen LogP contribution in [0.2, 0.25) is 0 Å². The molecule has 0 radical (unpaired) electrons.